The number of aryl methyl sites for hydroxylation is 1. The van der Waals surface area contributed by atoms with Crippen molar-refractivity contribution in [2.75, 3.05) is 12.4 Å². The van der Waals surface area contributed by atoms with Crippen molar-refractivity contribution >= 4 is 34.2 Å². The van der Waals surface area contributed by atoms with Crippen LogP contribution in [0.5, 0.6) is 11.5 Å². The Morgan fingerprint density at radius 1 is 1.21 bits per heavy atom. The van der Waals surface area contributed by atoms with E-state index in [-0.39, 0.29) is 22.0 Å². The average Bonchev–Trinajstić information content (AvgIpc) is 3.07. The van der Waals surface area contributed by atoms with Crippen LogP contribution in [0.3, 0.4) is 0 Å². The number of nitrogens with zero attached hydrogens (tertiary/aromatic N) is 3. The monoisotopic (exact) mass is 408 g/mol. The maximum atomic E-state index is 12.7. The molecule has 2 N–H and O–H groups in total. The van der Waals surface area contributed by atoms with Crippen LogP contribution in [0.2, 0.25) is 5.02 Å². The Kier molecular flexibility index (Phi) is 4.82. The number of pyridine rings is 1. The summed E-state index contributed by atoms with van der Waals surface area (Å²) in [6.07, 6.45) is 1.40. The number of anilines is 1. The molecular weight excluding hydrogens is 392 g/mol. The van der Waals surface area contributed by atoms with E-state index in [4.69, 9.17) is 16.3 Å². The van der Waals surface area contributed by atoms with Gasteiger partial charge in [0.15, 0.2) is 5.65 Å². The van der Waals surface area contributed by atoms with Gasteiger partial charge in [0, 0.05) is 12.3 Å². The highest BCUT2D eigenvalue weighted by Gasteiger charge is 2.20. The van der Waals surface area contributed by atoms with Crippen molar-refractivity contribution in [1.29, 1.82) is 0 Å². The molecule has 0 aliphatic heterocycles. The van der Waals surface area contributed by atoms with E-state index in [0.29, 0.717) is 22.5 Å². The van der Waals surface area contributed by atoms with Crippen LogP contribution in [0.25, 0.3) is 16.7 Å². The smallest absolute Gasteiger partial charge is 0.258 e. The fraction of sp³-hybridized carbons (Fsp3) is 0.0952. The van der Waals surface area contributed by atoms with Crippen molar-refractivity contribution in [2.45, 2.75) is 6.92 Å². The van der Waals surface area contributed by atoms with E-state index in [1.54, 1.807) is 36.9 Å². The third-order valence-electron chi connectivity index (χ3n) is 4.50. The highest BCUT2D eigenvalue weighted by molar-refractivity contribution is 6.39. The van der Waals surface area contributed by atoms with Gasteiger partial charge in [0.2, 0.25) is 0 Å². The maximum Gasteiger partial charge on any atom is 0.258 e. The first-order valence-corrected chi connectivity index (χ1v) is 9.15. The Labute approximate surface area is 171 Å². The Balaban J connectivity index is 1.77. The molecule has 8 heteroatoms. The number of methoxy groups -OCH3 is 1. The van der Waals surface area contributed by atoms with E-state index < -0.39 is 5.91 Å². The van der Waals surface area contributed by atoms with Gasteiger partial charge in [-0.2, -0.15) is 5.10 Å². The number of halogens is 1. The lowest BCUT2D eigenvalue weighted by atomic mass is 10.2. The minimum Gasteiger partial charge on any atom is -0.506 e. The zero-order valence-corrected chi connectivity index (χ0v) is 16.4. The van der Waals surface area contributed by atoms with Crippen LogP contribution >= 0.6 is 11.6 Å². The highest BCUT2D eigenvalue weighted by atomic mass is 35.5. The molecule has 4 aromatic rings. The largest absolute Gasteiger partial charge is 0.506 e. The molecule has 0 spiro atoms. The predicted molar refractivity (Wildman–Crippen MR) is 111 cm³/mol. The summed E-state index contributed by atoms with van der Waals surface area (Å²) >= 11 is 6.57. The number of ether oxygens (including phenoxy) is 1. The number of amides is 1. The number of fused-ring (bicyclic) bond motifs is 1. The van der Waals surface area contributed by atoms with E-state index in [9.17, 15) is 9.90 Å². The quantitative estimate of drug-likeness (QED) is 0.490. The number of phenolic OH excluding ortho intramolecular Hbond substituents is 1. The van der Waals surface area contributed by atoms with Crippen molar-refractivity contribution in [1.82, 2.24) is 14.8 Å². The van der Waals surface area contributed by atoms with Gasteiger partial charge in [-0.3, -0.25) is 4.79 Å². The summed E-state index contributed by atoms with van der Waals surface area (Å²) in [6.45, 7) is 1.80. The molecule has 2 heterocycles. The third kappa shape index (κ3) is 3.36. The van der Waals surface area contributed by atoms with Crippen LogP contribution in [0.4, 0.5) is 5.69 Å². The van der Waals surface area contributed by atoms with Crippen molar-refractivity contribution < 1.29 is 14.6 Å². The summed E-state index contributed by atoms with van der Waals surface area (Å²) in [5, 5.41) is 17.9. The van der Waals surface area contributed by atoms with E-state index >= 15 is 0 Å². The van der Waals surface area contributed by atoms with Crippen molar-refractivity contribution in [2.24, 2.45) is 0 Å². The molecule has 0 radical (unpaired) electrons. The number of hydrogen-bond acceptors (Lipinski definition) is 5. The first-order chi connectivity index (χ1) is 14.0. The summed E-state index contributed by atoms with van der Waals surface area (Å²) in [5.41, 5.74) is 2.41. The molecule has 146 valence electrons. The molecule has 29 heavy (non-hydrogen) atoms. The fourth-order valence-electron chi connectivity index (χ4n) is 3.06. The molecule has 2 aromatic heterocycles. The van der Waals surface area contributed by atoms with E-state index in [1.165, 1.54) is 12.3 Å². The predicted octanol–water partition coefficient (Wildman–Crippen LogP) is 4.35. The molecule has 2 aromatic carbocycles. The SMILES string of the molecule is COc1cccc(-n2nc(C)c3c(Cl)c(C(=O)Nc4ccccc4O)cnc32)c1. The van der Waals surface area contributed by atoms with Crippen LogP contribution in [-0.2, 0) is 0 Å². The lowest BCUT2D eigenvalue weighted by Crippen LogP contribution is -2.13. The average molecular weight is 409 g/mol. The molecular formula is C21H17ClN4O3. The van der Waals surface area contributed by atoms with Crippen molar-refractivity contribution in [3.05, 3.63) is 71.0 Å². The summed E-state index contributed by atoms with van der Waals surface area (Å²) in [5.74, 6) is 0.182. The number of carbonyl (C=O) groups excluding carboxylic acids is 1. The van der Waals surface area contributed by atoms with Gasteiger partial charge in [0.25, 0.3) is 5.91 Å². The lowest BCUT2D eigenvalue weighted by Gasteiger charge is -2.09. The number of aromatic nitrogens is 3. The number of nitrogens with one attached hydrogen (secondary N) is 1. The standard InChI is InChI=1S/C21H17ClN4O3/c1-12-18-19(22)15(21(28)24-16-8-3-4-9-17(16)27)11-23-20(18)26(25-12)13-6-5-7-14(10-13)29-2/h3-11,27H,1-2H3,(H,24,28). The molecule has 4 rings (SSSR count). The number of aromatic hydroxyl groups is 1. The van der Waals surface area contributed by atoms with Crippen LogP contribution in [0.15, 0.2) is 54.7 Å². The highest BCUT2D eigenvalue weighted by Crippen LogP contribution is 2.31. The number of benzene rings is 2. The normalized spacial score (nSPS) is 10.9. The molecule has 0 saturated carbocycles. The van der Waals surface area contributed by atoms with Gasteiger partial charge in [-0.1, -0.05) is 29.8 Å². The Morgan fingerprint density at radius 3 is 2.76 bits per heavy atom. The third-order valence-corrected chi connectivity index (χ3v) is 4.90. The first kappa shape index (κ1) is 18.8. The molecule has 0 aliphatic rings. The van der Waals surface area contributed by atoms with Gasteiger partial charge < -0.3 is 15.2 Å². The van der Waals surface area contributed by atoms with Gasteiger partial charge in [-0.15, -0.1) is 0 Å². The zero-order chi connectivity index (χ0) is 20.5. The fourth-order valence-corrected chi connectivity index (χ4v) is 3.41. The molecule has 1 amide bonds. The number of para-hydroxylation sites is 2. The number of hydrogen-bond donors (Lipinski definition) is 2. The van der Waals surface area contributed by atoms with Gasteiger partial charge in [-0.05, 0) is 31.2 Å². The summed E-state index contributed by atoms with van der Waals surface area (Å²) in [4.78, 5) is 17.1. The number of rotatable bonds is 4. The number of phenols is 1. The Bertz CT molecular complexity index is 1240. The Morgan fingerprint density at radius 2 is 2.00 bits per heavy atom. The maximum absolute atomic E-state index is 12.7. The van der Waals surface area contributed by atoms with Gasteiger partial charge in [-0.25, -0.2) is 9.67 Å². The van der Waals surface area contributed by atoms with Crippen LogP contribution in [0, 0.1) is 6.92 Å². The van der Waals surface area contributed by atoms with Crippen LogP contribution in [0.1, 0.15) is 16.1 Å². The summed E-state index contributed by atoms with van der Waals surface area (Å²) in [6, 6.07) is 13.9. The molecule has 0 atom stereocenters. The van der Waals surface area contributed by atoms with Crippen molar-refractivity contribution in [3.8, 4) is 17.2 Å². The molecule has 0 bridgehead atoms. The first-order valence-electron chi connectivity index (χ1n) is 8.77. The van der Waals surface area contributed by atoms with Gasteiger partial charge in [0.05, 0.1) is 40.2 Å². The Hall–Kier alpha value is -3.58. The van der Waals surface area contributed by atoms with Gasteiger partial charge >= 0.3 is 0 Å². The lowest BCUT2D eigenvalue weighted by molar-refractivity contribution is 0.102. The molecule has 0 aliphatic carbocycles. The van der Waals surface area contributed by atoms with E-state index in [1.807, 2.05) is 24.3 Å². The zero-order valence-electron chi connectivity index (χ0n) is 15.7. The number of carbonyl (C=O) groups is 1. The van der Waals surface area contributed by atoms with E-state index in [0.717, 1.165) is 5.69 Å². The minimum atomic E-state index is -0.473. The van der Waals surface area contributed by atoms with Crippen LogP contribution < -0.4 is 10.1 Å². The van der Waals surface area contributed by atoms with Gasteiger partial charge in [0.1, 0.15) is 11.5 Å². The van der Waals surface area contributed by atoms with Crippen LogP contribution in [-0.4, -0.2) is 32.9 Å². The second-order valence-electron chi connectivity index (χ2n) is 6.35. The molecule has 0 fully saturated rings. The minimum absolute atomic E-state index is 0.0342. The summed E-state index contributed by atoms with van der Waals surface area (Å²) < 4.78 is 6.93. The molecule has 0 unspecified atom stereocenters. The molecule has 0 saturated heterocycles. The topological polar surface area (TPSA) is 89.3 Å². The van der Waals surface area contributed by atoms with E-state index in [2.05, 4.69) is 15.4 Å². The second-order valence-corrected chi connectivity index (χ2v) is 6.73. The van der Waals surface area contributed by atoms with Crippen molar-refractivity contribution in [3.63, 3.8) is 0 Å². The second kappa shape index (κ2) is 7.44. The molecule has 7 nitrogen and oxygen atoms in total. The summed E-state index contributed by atoms with van der Waals surface area (Å²) in [7, 11) is 1.59.